The summed E-state index contributed by atoms with van der Waals surface area (Å²) < 4.78 is 41.6. The van der Waals surface area contributed by atoms with Gasteiger partial charge in [-0.1, -0.05) is 0 Å². The molecule has 4 rings (SSSR count). The second-order valence-corrected chi connectivity index (χ2v) is 7.45. The third kappa shape index (κ3) is 3.14. The summed E-state index contributed by atoms with van der Waals surface area (Å²) in [7, 11) is 1.78. The minimum atomic E-state index is -4.41. The third-order valence-electron chi connectivity index (χ3n) is 5.64. The first-order chi connectivity index (χ1) is 12.8. The second-order valence-electron chi connectivity index (χ2n) is 7.45. The van der Waals surface area contributed by atoms with Crippen LogP contribution in [0.15, 0.2) is 24.3 Å². The molecule has 0 bridgehead atoms. The average molecular weight is 376 g/mol. The van der Waals surface area contributed by atoms with Crippen molar-refractivity contribution in [3.05, 3.63) is 46.8 Å². The number of pyridine rings is 1. The zero-order valence-corrected chi connectivity index (χ0v) is 15.6. The van der Waals surface area contributed by atoms with Gasteiger partial charge in [0.05, 0.1) is 22.6 Å². The van der Waals surface area contributed by atoms with Gasteiger partial charge in [0.25, 0.3) is 0 Å². The van der Waals surface area contributed by atoms with E-state index < -0.39 is 11.7 Å². The van der Waals surface area contributed by atoms with Crippen LogP contribution in [0.5, 0.6) is 0 Å². The highest BCUT2D eigenvalue weighted by atomic mass is 19.4. The van der Waals surface area contributed by atoms with Crippen molar-refractivity contribution in [1.82, 2.24) is 10.3 Å². The van der Waals surface area contributed by atoms with Crippen molar-refractivity contribution in [1.29, 1.82) is 0 Å². The molecule has 2 aliphatic heterocycles. The Morgan fingerprint density at radius 3 is 2.70 bits per heavy atom. The van der Waals surface area contributed by atoms with Crippen LogP contribution in [0.2, 0.25) is 0 Å². The van der Waals surface area contributed by atoms with E-state index in [1.54, 1.807) is 7.05 Å². The molecule has 0 amide bonds. The average Bonchev–Trinajstić information content (AvgIpc) is 2.89. The van der Waals surface area contributed by atoms with Crippen LogP contribution in [0.1, 0.15) is 34.9 Å². The number of aromatic nitrogens is 1. The molecule has 0 unspecified atom stereocenters. The normalized spacial score (nSPS) is 21.8. The predicted octanol–water partition coefficient (Wildman–Crippen LogP) is 4.36. The van der Waals surface area contributed by atoms with E-state index in [2.05, 4.69) is 15.6 Å². The van der Waals surface area contributed by atoms with Crippen LogP contribution in [0, 0.1) is 13.8 Å². The fourth-order valence-electron chi connectivity index (χ4n) is 4.39. The Morgan fingerprint density at radius 2 is 2.00 bits per heavy atom. The smallest absolute Gasteiger partial charge is 0.370 e. The van der Waals surface area contributed by atoms with Gasteiger partial charge in [0.1, 0.15) is 0 Å². The monoisotopic (exact) mass is 376 g/mol. The van der Waals surface area contributed by atoms with Crippen LogP contribution in [-0.4, -0.2) is 31.2 Å². The van der Waals surface area contributed by atoms with Crippen LogP contribution in [0.25, 0.3) is 0 Å². The summed E-state index contributed by atoms with van der Waals surface area (Å²) in [5.74, 6) is 0.0684. The first-order valence-corrected chi connectivity index (χ1v) is 9.15. The molecule has 144 valence electrons. The van der Waals surface area contributed by atoms with Gasteiger partial charge >= 0.3 is 6.18 Å². The quantitative estimate of drug-likeness (QED) is 0.817. The number of alkyl halides is 3. The summed E-state index contributed by atoms with van der Waals surface area (Å²) in [6.07, 6.45) is -3.56. The molecule has 3 heterocycles. The van der Waals surface area contributed by atoms with Gasteiger partial charge in [0.15, 0.2) is 0 Å². The number of nitrogens with zero attached hydrogens (tertiary/aromatic N) is 2. The summed E-state index contributed by atoms with van der Waals surface area (Å²) in [5, 5.41) is 6.47. The van der Waals surface area contributed by atoms with Gasteiger partial charge in [-0.05, 0) is 56.6 Å². The zero-order chi connectivity index (χ0) is 19.3. The molecule has 4 nitrogen and oxygen atoms in total. The molecule has 1 aromatic heterocycles. The van der Waals surface area contributed by atoms with Gasteiger partial charge in [-0.3, -0.25) is 4.98 Å². The molecule has 1 aromatic carbocycles. The van der Waals surface area contributed by atoms with Crippen molar-refractivity contribution in [3.8, 4) is 0 Å². The number of anilines is 3. The molecule has 7 heteroatoms. The lowest BCUT2D eigenvalue weighted by Gasteiger charge is -2.31. The number of halogens is 3. The maximum absolute atomic E-state index is 13.9. The van der Waals surface area contributed by atoms with Gasteiger partial charge in [0.2, 0.25) is 0 Å². The van der Waals surface area contributed by atoms with E-state index in [4.69, 9.17) is 0 Å². The Hall–Kier alpha value is -2.28. The minimum absolute atomic E-state index is 0.0684. The van der Waals surface area contributed by atoms with Crippen LogP contribution in [0.3, 0.4) is 0 Å². The van der Waals surface area contributed by atoms with Crippen LogP contribution >= 0.6 is 0 Å². The fourth-order valence-corrected chi connectivity index (χ4v) is 4.39. The van der Waals surface area contributed by atoms with Crippen molar-refractivity contribution < 1.29 is 13.2 Å². The van der Waals surface area contributed by atoms with Gasteiger partial charge in [-0.15, -0.1) is 0 Å². The molecule has 0 aliphatic carbocycles. The number of likely N-dealkylation sites (N-methyl/N-ethyl adjacent to an activating group) is 1. The number of hydrogen-bond acceptors (Lipinski definition) is 4. The Morgan fingerprint density at radius 1 is 1.22 bits per heavy atom. The van der Waals surface area contributed by atoms with Crippen molar-refractivity contribution in [3.63, 3.8) is 0 Å². The summed E-state index contributed by atoms with van der Waals surface area (Å²) >= 11 is 0. The van der Waals surface area contributed by atoms with E-state index in [1.807, 2.05) is 36.9 Å². The minimum Gasteiger partial charge on any atom is -0.370 e. The number of benzene rings is 1. The molecule has 0 spiro atoms. The molecule has 2 N–H and O–H groups in total. The largest absolute Gasteiger partial charge is 0.418 e. The molecule has 2 aliphatic rings. The van der Waals surface area contributed by atoms with Crippen LogP contribution in [-0.2, 0) is 6.18 Å². The van der Waals surface area contributed by atoms with Crippen molar-refractivity contribution >= 4 is 17.1 Å². The zero-order valence-electron chi connectivity index (χ0n) is 15.6. The van der Waals surface area contributed by atoms with Crippen LogP contribution in [0.4, 0.5) is 30.2 Å². The first kappa shape index (κ1) is 18.1. The fraction of sp³-hybridized carbons (Fsp3) is 0.450. The van der Waals surface area contributed by atoms with Gasteiger partial charge in [-0.25, -0.2) is 0 Å². The molecule has 27 heavy (non-hydrogen) atoms. The Labute approximate surface area is 156 Å². The highest BCUT2D eigenvalue weighted by Crippen LogP contribution is 2.50. The Bertz CT molecular complexity index is 878. The highest BCUT2D eigenvalue weighted by Gasteiger charge is 2.45. The number of rotatable bonds is 2. The number of hydrogen-bond donors (Lipinski definition) is 2. The lowest BCUT2D eigenvalue weighted by molar-refractivity contribution is -0.137. The molecule has 2 atom stereocenters. The third-order valence-corrected chi connectivity index (χ3v) is 5.64. The highest BCUT2D eigenvalue weighted by molar-refractivity contribution is 5.74. The van der Waals surface area contributed by atoms with Crippen LogP contribution < -0.4 is 15.5 Å². The summed E-state index contributed by atoms with van der Waals surface area (Å²) in [4.78, 5) is 6.21. The maximum atomic E-state index is 13.9. The lowest BCUT2D eigenvalue weighted by atomic mass is 9.89. The molecular weight excluding hydrogens is 353 g/mol. The van der Waals surface area contributed by atoms with E-state index in [9.17, 15) is 13.2 Å². The number of piperidine rings is 1. The van der Waals surface area contributed by atoms with E-state index in [0.717, 1.165) is 35.6 Å². The SMILES string of the molecule is Cc1ccc(Nc2cc3c(c(C(F)(F)F)c2)N(C)[C@H]2CCNC[C@@H]32)c(C)n1. The van der Waals surface area contributed by atoms with E-state index in [1.165, 1.54) is 6.07 Å². The summed E-state index contributed by atoms with van der Waals surface area (Å²) in [6.45, 7) is 5.27. The maximum Gasteiger partial charge on any atom is 0.418 e. The second kappa shape index (κ2) is 6.41. The van der Waals surface area contributed by atoms with Crippen molar-refractivity contribution in [2.24, 2.45) is 0 Å². The Balaban J connectivity index is 1.81. The molecule has 2 aromatic rings. The molecule has 1 saturated heterocycles. The van der Waals surface area contributed by atoms with Crippen molar-refractivity contribution in [2.75, 3.05) is 30.4 Å². The summed E-state index contributed by atoms with van der Waals surface area (Å²) in [6, 6.07) is 6.91. The Kier molecular flexibility index (Phi) is 4.29. The predicted molar refractivity (Wildman–Crippen MR) is 101 cm³/mol. The number of aryl methyl sites for hydroxylation is 2. The van der Waals surface area contributed by atoms with Gasteiger partial charge in [0, 0.05) is 36.9 Å². The first-order valence-electron chi connectivity index (χ1n) is 9.15. The molecule has 1 fully saturated rings. The molecule has 0 saturated carbocycles. The van der Waals surface area contributed by atoms with Gasteiger partial charge in [-0.2, -0.15) is 13.2 Å². The number of nitrogens with one attached hydrogen (secondary N) is 2. The summed E-state index contributed by atoms with van der Waals surface area (Å²) in [5.41, 5.74) is 3.33. The van der Waals surface area contributed by atoms with Gasteiger partial charge < -0.3 is 15.5 Å². The lowest BCUT2D eigenvalue weighted by Crippen LogP contribution is -2.42. The van der Waals surface area contributed by atoms with E-state index in [0.29, 0.717) is 17.9 Å². The number of fused-ring (bicyclic) bond motifs is 3. The molecular formula is C20H23F3N4. The topological polar surface area (TPSA) is 40.2 Å². The molecule has 0 radical (unpaired) electrons. The van der Waals surface area contributed by atoms with E-state index in [-0.39, 0.29) is 12.0 Å². The van der Waals surface area contributed by atoms with Crippen molar-refractivity contribution in [2.45, 2.75) is 38.4 Å². The van der Waals surface area contributed by atoms with E-state index >= 15 is 0 Å². The standard InChI is InChI=1S/C20H23F3N4/c1-11-4-5-17(12(2)25-11)26-13-8-14-15-10-24-7-6-18(15)27(3)19(14)16(9-13)20(21,22)23/h4-5,8-9,15,18,24,26H,6-7,10H2,1-3H3/t15-,18-/m0/s1.